The van der Waals surface area contributed by atoms with Crippen molar-refractivity contribution >= 4 is 44.0 Å². The number of nitrogens with two attached hydrogens (primary N) is 1. The van der Waals surface area contributed by atoms with Crippen LogP contribution in [0.5, 0.6) is 0 Å². The minimum atomic E-state index is 0.557. The van der Waals surface area contributed by atoms with Crippen molar-refractivity contribution < 1.29 is 0 Å². The van der Waals surface area contributed by atoms with E-state index in [4.69, 9.17) is 17.3 Å². The van der Waals surface area contributed by atoms with Crippen LogP contribution in [0.3, 0.4) is 0 Å². The molecule has 1 heterocycles. The third kappa shape index (κ3) is 1.92. The Balaban J connectivity index is 2.49. The van der Waals surface area contributed by atoms with Crippen LogP contribution in [0.1, 0.15) is 0 Å². The first-order chi connectivity index (χ1) is 6.66. The Morgan fingerprint density at radius 2 is 1.93 bits per heavy atom. The molecule has 2 N–H and O–H groups in total. The van der Waals surface area contributed by atoms with Crippen LogP contribution in [0, 0.1) is 0 Å². The van der Waals surface area contributed by atoms with Crippen LogP contribution in [0.2, 0.25) is 5.02 Å². The van der Waals surface area contributed by atoms with Crippen molar-refractivity contribution in [3.63, 3.8) is 0 Å². The van der Waals surface area contributed by atoms with Gasteiger partial charge in [0.1, 0.15) is 0 Å². The highest BCUT2D eigenvalue weighted by Gasteiger charge is 2.08. The van der Waals surface area contributed by atoms with Crippen molar-refractivity contribution in [2.45, 2.75) is 0 Å². The van der Waals surface area contributed by atoms with Crippen molar-refractivity contribution in [3.05, 3.63) is 33.1 Å². The zero-order chi connectivity index (χ0) is 10.1. The molecule has 1 aromatic heterocycles. The maximum absolute atomic E-state index is 5.79. The molecular weight excluding hydrogens is 284 g/mol. The van der Waals surface area contributed by atoms with Gasteiger partial charge in [-0.15, -0.1) is 0 Å². The minimum absolute atomic E-state index is 0.557. The van der Waals surface area contributed by atoms with Gasteiger partial charge in [0.25, 0.3) is 0 Å². The van der Waals surface area contributed by atoms with E-state index in [0.717, 1.165) is 15.0 Å². The van der Waals surface area contributed by atoms with Crippen molar-refractivity contribution in [2.75, 3.05) is 5.73 Å². The predicted octanol–water partition coefficient (Wildman–Crippen LogP) is 3.81. The first-order valence-electron chi connectivity index (χ1n) is 3.84. The standard InChI is InChI=1S/C9H6BrClN2S/c10-8-7(13-9(12)14-8)5-1-3-6(11)4-2-5/h1-4H,(H2,12,13). The van der Waals surface area contributed by atoms with Crippen molar-refractivity contribution in [2.24, 2.45) is 0 Å². The lowest BCUT2D eigenvalue weighted by Crippen LogP contribution is -1.82. The summed E-state index contributed by atoms with van der Waals surface area (Å²) in [5, 5.41) is 1.27. The normalized spacial score (nSPS) is 10.4. The van der Waals surface area contributed by atoms with Crippen LogP contribution in [-0.4, -0.2) is 4.98 Å². The van der Waals surface area contributed by atoms with E-state index in [-0.39, 0.29) is 0 Å². The van der Waals surface area contributed by atoms with Crippen LogP contribution in [0.15, 0.2) is 28.1 Å². The lowest BCUT2D eigenvalue weighted by atomic mass is 10.2. The first-order valence-corrected chi connectivity index (χ1v) is 5.83. The van der Waals surface area contributed by atoms with Gasteiger partial charge < -0.3 is 5.73 Å². The van der Waals surface area contributed by atoms with Crippen LogP contribution < -0.4 is 5.73 Å². The molecule has 0 aliphatic rings. The summed E-state index contributed by atoms with van der Waals surface area (Å²) in [6.07, 6.45) is 0. The zero-order valence-corrected chi connectivity index (χ0v) is 10.2. The van der Waals surface area contributed by atoms with Crippen LogP contribution >= 0.6 is 38.9 Å². The molecule has 0 fully saturated rings. The predicted molar refractivity (Wildman–Crippen MR) is 64.7 cm³/mol. The van der Waals surface area contributed by atoms with E-state index in [2.05, 4.69) is 20.9 Å². The molecule has 5 heteroatoms. The second kappa shape index (κ2) is 3.88. The highest BCUT2D eigenvalue weighted by Crippen LogP contribution is 2.34. The molecule has 0 radical (unpaired) electrons. The first kappa shape index (κ1) is 9.96. The van der Waals surface area contributed by atoms with Gasteiger partial charge in [-0.25, -0.2) is 4.98 Å². The van der Waals surface area contributed by atoms with E-state index in [1.165, 1.54) is 11.3 Å². The molecule has 0 atom stereocenters. The molecule has 0 aliphatic heterocycles. The van der Waals surface area contributed by atoms with Gasteiger partial charge in [0.2, 0.25) is 0 Å². The molecule has 2 rings (SSSR count). The quantitative estimate of drug-likeness (QED) is 0.867. The molecule has 72 valence electrons. The molecule has 0 bridgehead atoms. The molecule has 0 saturated carbocycles. The SMILES string of the molecule is Nc1nc(-c2ccc(Cl)cc2)c(Br)s1. The summed E-state index contributed by atoms with van der Waals surface area (Å²) in [5.74, 6) is 0. The lowest BCUT2D eigenvalue weighted by molar-refractivity contribution is 1.40. The number of benzene rings is 1. The summed E-state index contributed by atoms with van der Waals surface area (Å²) in [4.78, 5) is 4.22. The van der Waals surface area contributed by atoms with Gasteiger partial charge >= 0.3 is 0 Å². The van der Waals surface area contributed by atoms with E-state index in [1.54, 1.807) is 0 Å². The van der Waals surface area contributed by atoms with E-state index in [1.807, 2.05) is 24.3 Å². The molecular formula is C9H6BrClN2S. The zero-order valence-electron chi connectivity index (χ0n) is 7.00. The fourth-order valence-corrected chi connectivity index (χ4v) is 2.62. The second-order valence-electron chi connectivity index (χ2n) is 2.68. The Bertz CT molecular complexity index is 452. The lowest BCUT2D eigenvalue weighted by Gasteiger charge is -1.97. The van der Waals surface area contributed by atoms with Crippen molar-refractivity contribution in [1.82, 2.24) is 4.98 Å². The van der Waals surface area contributed by atoms with Gasteiger partial charge in [0, 0.05) is 10.6 Å². The number of halogens is 2. The Hall–Kier alpha value is -0.580. The van der Waals surface area contributed by atoms with Gasteiger partial charge in [-0.3, -0.25) is 0 Å². The number of rotatable bonds is 1. The number of thiazole rings is 1. The monoisotopic (exact) mass is 288 g/mol. The average molecular weight is 290 g/mol. The minimum Gasteiger partial charge on any atom is -0.375 e. The number of nitrogens with zero attached hydrogens (tertiary/aromatic N) is 1. The molecule has 2 nitrogen and oxygen atoms in total. The fourth-order valence-electron chi connectivity index (χ4n) is 1.10. The summed E-state index contributed by atoms with van der Waals surface area (Å²) in [5.41, 5.74) is 7.47. The summed E-state index contributed by atoms with van der Waals surface area (Å²) < 4.78 is 0.942. The summed E-state index contributed by atoms with van der Waals surface area (Å²) in [6.45, 7) is 0. The van der Waals surface area contributed by atoms with Gasteiger partial charge in [-0.2, -0.15) is 0 Å². The van der Waals surface area contributed by atoms with Crippen LogP contribution in [-0.2, 0) is 0 Å². The highest BCUT2D eigenvalue weighted by molar-refractivity contribution is 9.11. The Morgan fingerprint density at radius 1 is 1.29 bits per heavy atom. The number of hydrogen-bond donors (Lipinski definition) is 1. The van der Waals surface area contributed by atoms with Gasteiger partial charge in [0.05, 0.1) is 9.48 Å². The van der Waals surface area contributed by atoms with Gasteiger partial charge in [-0.1, -0.05) is 35.1 Å². The average Bonchev–Trinajstić information content (AvgIpc) is 2.47. The van der Waals surface area contributed by atoms with E-state index >= 15 is 0 Å². The van der Waals surface area contributed by atoms with Crippen LogP contribution in [0.4, 0.5) is 5.13 Å². The van der Waals surface area contributed by atoms with E-state index in [0.29, 0.717) is 10.2 Å². The fraction of sp³-hybridized carbons (Fsp3) is 0. The Labute approximate surface area is 98.9 Å². The number of hydrogen-bond acceptors (Lipinski definition) is 3. The summed E-state index contributed by atoms with van der Waals surface area (Å²) >= 11 is 10.6. The Kier molecular flexibility index (Phi) is 2.76. The summed E-state index contributed by atoms with van der Waals surface area (Å²) in [6, 6.07) is 7.50. The molecule has 0 saturated heterocycles. The van der Waals surface area contributed by atoms with Crippen LogP contribution in [0.25, 0.3) is 11.3 Å². The van der Waals surface area contributed by atoms with E-state index < -0.39 is 0 Å². The number of aromatic nitrogens is 1. The topological polar surface area (TPSA) is 38.9 Å². The Morgan fingerprint density at radius 3 is 2.43 bits per heavy atom. The number of anilines is 1. The molecule has 2 aromatic rings. The summed E-state index contributed by atoms with van der Waals surface area (Å²) in [7, 11) is 0. The number of nitrogen functional groups attached to an aromatic ring is 1. The van der Waals surface area contributed by atoms with Crippen molar-refractivity contribution in [1.29, 1.82) is 0 Å². The van der Waals surface area contributed by atoms with Gasteiger partial charge in [-0.05, 0) is 28.1 Å². The van der Waals surface area contributed by atoms with Crippen molar-refractivity contribution in [3.8, 4) is 11.3 Å². The maximum Gasteiger partial charge on any atom is 0.181 e. The molecule has 0 spiro atoms. The van der Waals surface area contributed by atoms with E-state index in [9.17, 15) is 0 Å². The molecule has 0 amide bonds. The third-order valence-electron chi connectivity index (χ3n) is 1.72. The smallest absolute Gasteiger partial charge is 0.181 e. The largest absolute Gasteiger partial charge is 0.375 e. The molecule has 0 aliphatic carbocycles. The highest BCUT2D eigenvalue weighted by atomic mass is 79.9. The molecule has 1 aromatic carbocycles. The van der Waals surface area contributed by atoms with Gasteiger partial charge in [0.15, 0.2) is 5.13 Å². The molecule has 14 heavy (non-hydrogen) atoms. The second-order valence-corrected chi connectivity index (χ2v) is 5.47. The third-order valence-corrected chi connectivity index (χ3v) is 3.51. The maximum atomic E-state index is 5.79. The molecule has 0 unspecified atom stereocenters.